The van der Waals surface area contributed by atoms with Crippen molar-refractivity contribution in [3.8, 4) is 16.2 Å². The van der Waals surface area contributed by atoms with E-state index in [1.807, 2.05) is 86.6 Å². The quantitative estimate of drug-likeness (QED) is 0.370. The maximum Gasteiger partial charge on any atom is 0.195 e. The van der Waals surface area contributed by atoms with Gasteiger partial charge in [-0.15, -0.1) is 11.3 Å². The first-order valence-corrected chi connectivity index (χ1v) is 9.83. The highest BCUT2D eigenvalue weighted by Crippen LogP contribution is 2.40. The molecule has 0 radical (unpaired) electrons. The number of benzene rings is 3. The van der Waals surface area contributed by atoms with Gasteiger partial charge in [0.1, 0.15) is 5.75 Å². The summed E-state index contributed by atoms with van der Waals surface area (Å²) in [6, 6.07) is 25.6. The Kier molecular flexibility index (Phi) is 4.78. The minimum Gasteiger partial charge on any atom is -0.491 e. The van der Waals surface area contributed by atoms with Crippen LogP contribution in [0.3, 0.4) is 0 Å². The van der Waals surface area contributed by atoms with E-state index in [0.29, 0.717) is 5.56 Å². The highest BCUT2D eigenvalue weighted by molar-refractivity contribution is 7.22. The van der Waals surface area contributed by atoms with Crippen molar-refractivity contribution in [3.05, 3.63) is 90.0 Å². The van der Waals surface area contributed by atoms with Gasteiger partial charge in [0.05, 0.1) is 6.10 Å². The molecule has 0 saturated heterocycles. The lowest BCUT2D eigenvalue weighted by Crippen LogP contribution is -2.05. The van der Waals surface area contributed by atoms with Gasteiger partial charge in [-0.2, -0.15) is 0 Å². The predicted octanol–water partition coefficient (Wildman–Crippen LogP) is 6.59. The number of ether oxygens (including phenoxy) is 1. The zero-order valence-electron chi connectivity index (χ0n) is 15.3. The number of ketones is 1. The first kappa shape index (κ1) is 17.5. The summed E-state index contributed by atoms with van der Waals surface area (Å²) in [4.78, 5) is 14.3. The molecule has 0 bridgehead atoms. The number of hydrogen-bond donors (Lipinski definition) is 0. The van der Waals surface area contributed by atoms with Gasteiger partial charge in [0.25, 0.3) is 0 Å². The summed E-state index contributed by atoms with van der Waals surface area (Å²) in [5.41, 5.74) is 2.52. The Balaban J connectivity index is 1.84. The number of fused-ring (bicyclic) bond motifs is 1. The van der Waals surface area contributed by atoms with Crippen molar-refractivity contribution in [1.82, 2.24) is 0 Å². The second-order valence-electron chi connectivity index (χ2n) is 6.69. The number of hydrogen-bond acceptors (Lipinski definition) is 3. The molecule has 1 heterocycles. The van der Waals surface area contributed by atoms with Gasteiger partial charge < -0.3 is 4.74 Å². The van der Waals surface area contributed by atoms with E-state index in [9.17, 15) is 4.79 Å². The summed E-state index contributed by atoms with van der Waals surface area (Å²) in [6.45, 7) is 4.02. The molecule has 1 aromatic heterocycles. The summed E-state index contributed by atoms with van der Waals surface area (Å²) in [7, 11) is 0. The normalized spacial score (nSPS) is 11.1. The highest BCUT2D eigenvalue weighted by Gasteiger charge is 2.21. The average molecular weight is 372 g/mol. The van der Waals surface area contributed by atoms with Crippen molar-refractivity contribution >= 4 is 27.2 Å². The van der Waals surface area contributed by atoms with Crippen LogP contribution in [0.1, 0.15) is 29.8 Å². The third kappa shape index (κ3) is 3.51. The van der Waals surface area contributed by atoms with Crippen LogP contribution in [0.5, 0.6) is 5.75 Å². The van der Waals surface area contributed by atoms with E-state index < -0.39 is 0 Å². The van der Waals surface area contributed by atoms with Crippen molar-refractivity contribution in [2.24, 2.45) is 0 Å². The lowest BCUT2D eigenvalue weighted by Gasteiger charge is -2.10. The summed E-state index contributed by atoms with van der Waals surface area (Å²) < 4.78 is 6.87. The smallest absolute Gasteiger partial charge is 0.195 e. The second-order valence-corrected chi connectivity index (χ2v) is 7.74. The molecule has 0 atom stereocenters. The molecule has 27 heavy (non-hydrogen) atoms. The van der Waals surface area contributed by atoms with Gasteiger partial charge in [-0.3, -0.25) is 4.79 Å². The van der Waals surface area contributed by atoms with E-state index in [1.54, 1.807) is 11.3 Å². The average Bonchev–Trinajstić information content (AvgIpc) is 3.08. The summed E-state index contributed by atoms with van der Waals surface area (Å²) in [5.74, 6) is 0.899. The topological polar surface area (TPSA) is 26.3 Å². The molecule has 0 unspecified atom stereocenters. The third-order valence-electron chi connectivity index (χ3n) is 4.35. The van der Waals surface area contributed by atoms with Gasteiger partial charge in [-0.1, -0.05) is 48.5 Å². The fraction of sp³-hybridized carbons (Fsp3) is 0.125. The Labute approximate surface area is 163 Å². The molecule has 0 spiro atoms. The first-order valence-electron chi connectivity index (χ1n) is 9.02. The molecule has 0 saturated carbocycles. The number of carbonyl (C=O) groups excluding carboxylic acids is 1. The van der Waals surface area contributed by atoms with Crippen molar-refractivity contribution in [2.75, 3.05) is 0 Å². The maximum atomic E-state index is 13.3. The molecule has 0 fully saturated rings. The largest absolute Gasteiger partial charge is 0.491 e. The fourth-order valence-corrected chi connectivity index (χ4v) is 4.37. The molecule has 0 aliphatic carbocycles. The van der Waals surface area contributed by atoms with Crippen LogP contribution in [0, 0.1) is 0 Å². The summed E-state index contributed by atoms with van der Waals surface area (Å²) in [5, 5.41) is 1.01. The van der Waals surface area contributed by atoms with Gasteiger partial charge in [-0.25, -0.2) is 0 Å². The molecular weight excluding hydrogens is 352 g/mol. The third-order valence-corrected chi connectivity index (χ3v) is 5.57. The Hall–Kier alpha value is -2.91. The van der Waals surface area contributed by atoms with Crippen molar-refractivity contribution in [1.29, 1.82) is 0 Å². The molecule has 3 heteroatoms. The van der Waals surface area contributed by atoms with Crippen molar-refractivity contribution in [2.45, 2.75) is 20.0 Å². The van der Waals surface area contributed by atoms with Crippen LogP contribution in [0.2, 0.25) is 0 Å². The SMILES string of the molecule is CC(C)Oc1ccc(-c2sc3ccccc3c2C(=O)c2ccccc2)cc1. The van der Waals surface area contributed by atoms with Crippen LogP contribution < -0.4 is 4.74 Å². The molecule has 134 valence electrons. The Bertz CT molecular complexity index is 1080. The van der Waals surface area contributed by atoms with Crippen LogP contribution in [-0.2, 0) is 0 Å². The number of carbonyl (C=O) groups is 1. The molecule has 4 aromatic rings. The molecule has 0 aliphatic heterocycles. The summed E-state index contributed by atoms with van der Waals surface area (Å²) >= 11 is 1.66. The molecule has 0 amide bonds. The zero-order chi connectivity index (χ0) is 18.8. The molecule has 3 aromatic carbocycles. The lowest BCUT2D eigenvalue weighted by molar-refractivity contribution is 0.104. The second kappa shape index (κ2) is 7.37. The predicted molar refractivity (Wildman–Crippen MR) is 113 cm³/mol. The summed E-state index contributed by atoms with van der Waals surface area (Å²) in [6.07, 6.45) is 0.135. The Morgan fingerprint density at radius 3 is 2.22 bits per heavy atom. The van der Waals surface area contributed by atoms with Crippen LogP contribution in [0.4, 0.5) is 0 Å². The first-order chi connectivity index (χ1) is 13.1. The van der Waals surface area contributed by atoms with Gasteiger partial charge in [0.15, 0.2) is 5.78 Å². The molecule has 0 N–H and O–H groups in total. The molecule has 4 rings (SSSR count). The van der Waals surface area contributed by atoms with E-state index in [4.69, 9.17) is 4.74 Å². The Morgan fingerprint density at radius 1 is 0.852 bits per heavy atom. The highest BCUT2D eigenvalue weighted by atomic mass is 32.1. The van der Waals surface area contributed by atoms with Gasteiger partial charge in [0.2, 0.25) is 0 Å². The molecule has 0 aliphatic rings. The molecular formula is C24H20O2S. The van der Waals surface area contributed by atoms with Crippen LogP contribution >= 0.6 is 11.3 Å². The van der Waals surface area contributed by atoms with E-state index in [2.05, 4.69) is 6.07 Å². The van der Waals surface area contributed by atoms with Crippen LogP contribution in [-0.4, -0.2) is 11.9 Å². The van der Waals surface area contributed by atoms with Gasteiger partial charge >= 0.3 is 0 Å². The number of thiophene rings is 1. The monoisotopic (exact) mass is 372 g/mol. The number of rotatable bonds is 5. The van der Waals surface area contributed by atoms with Gasteiger partial charge in [0, 0.05) is 26.1 Å². The van der Waals surface area contributed by atoms with Crippen molar-refractivity contribution < 1.29 is 9.53 Å². The fourth-order valence-electron chi connectivity index (χ4n) is 3.17. The maximum absolute atomic E-state index is 13.3. The zero-order valence-corrected chi connectivity index (χ0v) is 16.1. The van der Waals surface area contributed by atoms with Crippen molar-refractivity contribution in [3.63, 3.8) is 0 Å². The van der Waals surface area contributed by atoms with Crippen LogP contribution in [0.15, 0.2) is 78.9 Å². The van der Waals surface area contributed by atoms with E-state index in [-0.39, 0.29) is 11.9 Å². The molecule has 2 nitrogen and oxygen atoms in total. The minimum absolute atomic E-state index is 0.0607. The van der Waals surface area contributed by atoms with E-state index >= 15 is 0 Å². The van der Waals surface area contributed by atoms with Gasteiger partial charge in [-0.05, 0) is 49.7 Å². The lowest BCUT2D eigenvalue weighted by atomic mass is 9.98. The van der Waals surface area contributed by atoms with E-state index in [0.717, 1.165) is 31.8 Å². The standard InChI is InChI=1S/C24H20O2S/c1-16(2)26-19-14-12-18(13-15-19)24-22(20-10-6-7-11-21(20)27-24)23(25)17-8-4-3-5-9-17/h3-16H,1-2H3. The van der Waals surface area contributed by atoms with Crippen LogP contribution in [0.25, 0.3) is 20.5 Å². The minimum atomic E-state index is 0.0607. The van der Waals surface area contributed by atoms with E-state index in [1.165, 1.54) is 0 Å². The Morgan fingerprint density at radius 2 is 1.52 bits per heavy atom.